The number of halogens is 2. The van der Waals surface area contributed by atoms with Gasteiger partial charge in [-0.2, -0.15) is 0 Å². The van der Waals surface area contributed by atoms with Gasteiger partial charge >= 0.3 is 0 Å². The zero-order valence-electron chi connectivity index (χ0n) is 7.83. The van der Waals surface area contributed by atoms with E-state index in [4.69, 9.17) is 0 Å². The van der Waals surface area contributed by atoms with E-state index in [1.807, 2.05) is 13.8 Å². The number of hydrogen-bond donors (Lipinski definition) is 0. The summed E-state index contributed by atoms with van der Waals surface area (Å²) in [5.41, 5.74) is 1.04. The van der Waals surface area contributed by atoms with Gasteiger partial charge in [-0.25, -0.2) is 9.07 Å². The standard InChI is InChI=1S/C9H9BrFN3/c1-5(2)14-9-7(11)3-6(10)4-8(9)12-13-14/h3-5H,1-2H3. The Balaban J connectivity index is 2.79. The highest BCUT2D eigenvalue weighted by Gasteiger charge is 2.12. The molecule has 74 valence electrons. The average Bonchev–Trinajstić information content (AvgIpc) is 2.47. The van der Waals surface area contributed by atoms with Crippen molar-refractivity contribution < 1.29 is 4.39 Å². The number of rotatable bonds is 1. The Morgan fingerprint density at radius 1 is 1.43 bits per heavy atom. The molecular formula is C9H9BrFN3. The first-order valence-electron chi connectivity index (χ1n) is 4.29. The molecule has 0 saturated carbocycles. The van der Waals surface area contributed by atoms with Crippen LogP contribution in [0.25, 0.3) is 11.0 Å². The third-order valence-corrected chi connectivity index (χ3v) is 2.43. The maximum absolute atomic E-state index is 13.6. The van der Waals surface area contributed by atoms with Crippen LogP contribution in [0, 0.1) is 5.82 Å². The van der Waals surface area contributed by atoms with Gasteiger partial charge in [0.2, 0.25) is 0 Å². The molecule has 1 aromatic carbocycles. The maximum atomic E-state index is 13.6. The van der Waals surface area contributed by atoms with Gasteiger partial charge in [-0.15, -0.1) is 5.10 Å². The molecule has 14 heavy (non-hydrogen) atoms. The predicted molar refractivity (Wildman–Crippen MR) is 55.6 cm³/mol. The summed E-state index contributed by atoms with van der Waals surface area (Å²) < 4.78 is 15.8. The summed E-state index contributed by atoms with van der Waals surface area (Å²) in [4.78, 5) is 0. The lowest BCUT2D eigenvalue weighted by atomic mass is 10.3. The second-order valence-corrected chi connectivity index (χ2v) is 4.30. The Hall–Kier alpha value is -0.970. The molecule has 0 aliphatic rings. The average molecular weight is 258 g/mol. The minimum Gasteiger partial charge on any atom is -0.239 e. The van der Waals surface area contributed by atoms with E-state index in [0.717, 1.165) is 0 Å². The van der Waals surface area contributed by atoms with Crippen molar-refractivity contribution in [2.45, 2.75) is 19.9 Å². The topological polar surface area (TPSA) is 30.7 Å². The fourth-order valence-corrected chi connectivity index (χ4v) is 1.78. The molecule has 0 aliphatic carbocycles. The van der Waals surface area contributed by atoms with Crippen LogP contribution >= 0.6 is 15.9 Å². The normalized spacial score (nSPS) is 11.5. The summed E-state index contributed by atoms with van der Waals surface area (Å²) in [6.45, 7) is 3.88. The SMILES string of the molecule is CC(C)n1nnc2cc(Br)cc(F)c21. The van der Waals surface area contributed by atoms with Crippen LogP contribution < -0.4 is 0 Å². The van der Waals surface area contributed by atoms with Crippen LogP contribution in [0.3, 0.4) is 0 Å². The van der Waals surface area contributed by atoms with Gasteiger partial charge in [0.15, 0.2) is 5.82 Å². The van der Waals surface area contributed by atoms with Crippen molar-refractivity contribution in [3.05, 3.63) is 22.4 Å². The summed E-state index contributed by atoms with van der Waals surface area (Å²) in [6.07, 6.45) is 0. The number of benzene rings is 1. The van der Waals surface area contributed by atoms with Crippen LogP contribution in [0.15, 0.2) is 16.6 Å². The van der Waals surface area contributed by atoms with Gasteiger partial charge in [0.05, 0.1) is 0 Å². The van der Waals surface area contributed by atoms with Crippen molar-refractivity contribution in [2.24, 2.45) is 0 Å². The van der Waals surface area contributed by atoms with Gasteiger partial charge in [0.1, 0.15) is 11.0 Å². The monoisotopic (exact) mass is 257 g/mol. The molecule has 0 atom stereocenters. The maximum Gasteiger partial charge on any atom is 0.151 e. The van der Waals surface area contributed by atoms with E-state index in [2.05, 4.69) is 26.2 Å². The van der Waals surface area contributed by atoms with Crippen LogP contribution in [0.2, 0.25) is 0 Å². The molecule has 0 spiro atoms. The fourth-order valence-electron chi connectivity index (χ4n) is 1.36. The first-order valence-corrected chi connectivity index (χ1v) is 5.09. The van der Waals surface area contributed by atoms with Gasteiger partial charge in [-0.1, -0.05) is 21.1 Å². The van der Waals surface area contributed by atoms with E-state index in [1.54, 1.807) is 10.7 Å². The summed E-state index contributed by atoms with van der Waals surface area (Å²) in [7, 11) is 0. The summed E-state index contributed by atoms with van der Waals surface area (Å²) >= 11 is 3.21. The van der Waals surface area contributed by atoms with Crippen molar-refractivity contribution in [3.63, 3.8) is 0 Å². The van der Waals surface area contributed by atoms with Crippen molar-refractivity contribution in [2.75, 3.05) is 0 Å². The highest BCUT2D eigenvalue weighted by atomic mass is 79.9. The third-order valence-electron chi connectivity index (χ3n) is 1.98. The largest absolute Gasteiger partial charge is 0.239 e. The first-order chi connectivity index (χ1) is 6.59. The molecule has 0 bridgehead atoms. The summed E-state index contributed by atoms with van der Waals surface area (Å²) in [5.74, 6) is -0.298. The predicted octanol–water partition coefficient (Wildman–Crippen LogP) is 2.91. The fraction of sp³-hybridized carbons (Fsp3) is 0.333. The van der Waals surface area contributed by atoms with E-state index in [9.17, 15) is 4.39 Å². The molecule has 1 heterocycles. The molecule has 3 nitrogen and oxygen atoms in total. The molecule has 1 aromatic heterocycles. The zero-order valence-corrected chi connectivity index (χ0v) is 9.42. The van der Waals surface area contributed by atoms with Gasteiger partial charge in [-0.3, -0.25) is 0 Å². The van der Waals surface area contributed by atoms with E-state index in [0.29, 0.717) is 15.5 Å². The number of fused-ring (bicyclic) bond motifs is 1. The van der Waals surface area contributed by atoms with Crippen LogP contribution in [0.5, 0.6) is 0 Å². The van der Waals surface area contributed by atoms with Gasteiger partial charge in [0, 0.05) is 10.5 Å². The Morgan fingerprint density at radius 2 is 2.14 bits per heavy atom. The molecular weight excluding hydrogens is 249 g/mol. The lowest BCUT2D eigenvalue weighted by Crippen LogP contribution is -2.03. The van der Waals surface area contributed by atoms with Crippen LogP contribution in [0.4, 0.5) is 4.39 Å². The van der Waals surface area contributed by atoms with Crippen LogP contribution in [0.1, 0.15) is 19.9 Å². The van der Waals surface area contributed by atoms with E-state index >= 15 is 0 Å². The van der Waals surface area contributed by atoms with Crippen LogP contribution in [-0.4, -0.2) is 15.0 Å². The molecule has 0 unspecified atom stereocenters. The highest BCUT2D eigenvalue weighted by Crippen LogP contribution is 2.23. The van der Waals surface area contributed by atoms with Crippen LogP contribution in [-0.2, 0) is 0 Å². The minimum atomic E-state index is -0.298. The minimum absolute atomic E-state index is 0.107. The molecule has 0 fully saturated rings. The lowest BCUT2D eigenvalue weighted by Gasteiger charge is -2.05. The van der Waals surface area contributed by atoms with E-state index < -0.39 is 0 Å². The van der Waals surface area contributed by atoms with Gasteiger partial charge in [0.25, 0.3) is 0 Å². The number of aromatic nitrogens is 3. The van der Waals surface area contributed by atoms with Gasteiger partial charge < -0.3 is 0 Å². The van der Waals surface area contributed by atoms with Crippen molar-refractivity contribution in [1.82, 2.24) is 15.0 Å². The zero-order chi connectivity index (χ0) is 10.3. The lowest BCUT2D eigenvalue weighted by molar-refractivity contribution is 0.518. The molecule has 0 amide bonds. The smallest absolute Gasteiger partial charge is 0.151 e. The quantitative estimate of drug-likeness (QED) is 0.787. The molecule has 2 aromatic rings. The van der Waals surface area contributed by atoms with Crippen molar-refractivity contribution >= 4 is 27.0 Å². The number of hydrogen-bond acceptors (Lipinski definition) is 2. The highest BCUT2D eigenvalue weighted by molar-refractivity contribution is 9.10. The summed E-state index contributed by atoms with van der Waals surface area (Å²) in [5, 5.41) is 7.81. The molecule has 0 aliphatic heterocycles. The van der Waals surface area contributed by atoms with Gasteiger partial charge in [-0.05, 0) is 26.0 Å². The Kier molecular flexibility index (Phi) is 2.26. The second kappa shape index (κ2) is 3.31. The molecule has 2 rings (SSSR count). The molecule has 0 N–H and O–H groups in total. The number of nitrogens with zero attached hydrogens (tertiary/aromatic N) is 3. The summed E-state index contributed by atoms with van der Waals surface area (Å²) in [6, 6.07) is 3.28. The van der Waals surface area contributed by atoms with E-state index in [-0.39, 0.29) is 11.9 Å². The third kappa shape index (κ3) is 1.41. The molecule has 0 saturated heterocycles. The molecule has 5 heteroatoms. The first kappa shape index (κ1) is 9.58. The Bertz CT molecular complexity index is 478. The Morgan fingerprint density at radius 3 is 2.79 bits per heavy atom. The second-order valence-electron chi connectivity index (χ2n) is 3.38. The van der Waals surface area contributed by atoms with E-state index in [1.165, 1.54) is 6.07 Å². The van der Waals surface area contributed by atoms with Crippen molar-refractivity contribution in [3.8, 4) is 0 Å². The molecule has 0 radical (unpaired) electrons. The van der Waals surface area contributed by atoms with Crippen molar-refractivity contribution in [1.29, 1.82) is 0 Å². The Labute approximate surface area is 89.0 Å².